The number of nitrogens with one attached hydrogen (secondary N) is 1. The van der Waals surface area contributed by atoms with Crippen LogP contribution < -0.4 is 10.1 Å². The SMILES string of the molecule is COc1ccc(CNC(=O)C(C)OC(=O)C2=CN3CCS(=O)(=O)N=C3C=C2)cc1. The van der Waals surface area contributed by atoms with E-state index < -0.39 is 28.0 Å². The van der Waals surface area contributed by atoms with Crippen molar-refractivity contribution < 1.29 is 27.5 Å². The normalized spacial score (nSPS) is 18.1. The molecule has 2 heterocycles. The fourth-order valence-corrected chi connectivity index (χ4v) is 3.65. The lowest BCUT2D eigenvalue weighted by atomic mass is 10.2. The molecule has 0 fully saturated rings. The Morgan fingerprint density at radius 1 is 1.24 bits per heavy atom. The molecule has 1 N–H and O–H groups in total. The van der Waals surface area contributed by atoms with Crippen molar-refractivity contribution in [2.45, 2.75) is 19.6 Å². The second kappa shape index (κ2) is 8.48. The molecule has 1 unspecified atom stereocenters. The van der Waals surface area contributed by atoms with Gasteiger partial charge in [0.25, 0.3) is 15.9 Å². The zero-order valence-electron chi connectivity index (χ0n) is 16.0. The number of amides is 1. The highest BCUT2D eigenvalue weighted by Gasteiger charge is 2.26. The predicted octanol–water partition coefficient (Wildman–Crippen LogP) is 0.741. The molecular weight excluding hydrogens is 398 g/mol. The minimum absolute atomic E-state index is 0.132. The van der Waals surface area contributed by atoms with Gasteiger partial charge in [0.2, 0.25) is 0 Å². The number of benzene rings is 1. The van der Waals surface area contributed by atoms with Gasteiger partial charge < -0.3 is 19.7 Å². The van der Waals surface area contributed by atoms with E-state index in [1.807, 2.05) is 12.1 Å². The number of rotatable bonds is 6. The zero-order valence-corrected chi connectivity index (χ0v) is 16.8. The molecule has 1 aromatic rings. The first-order valence-electron chi connectivity index (χ1n) is 8.88. The van der Waals surface area contributed by atoms with Crippen LogP contribution in [0, 0.1) is 0 Å². The first-order chi connectivity index (χ1) is 13.8. The van der Waals surface area contributed by atoms with E-state index in [2.05, 4.69) is 9.71 Å². The van der Waals surface area contributed by atoms with Crippen molar-refractivity contribution in [2.24, 2.45) is 4.40 Å². The highest BCUT2D eigenvalue weighted by Crippen LogP contribution is 2.17. The molecule has 1 aromatic carbocycles. The Morgan fingerprint density at radius 2 is 1.97 bits per heavy atom. The van der Waals surface area contributed by atoms with Crippen LogP contribution in [0.3, 0.4) is 0 Å². The van der Waals surface area contributed by atoms with Crippen molar-refractivity contribution in [1.29, 1.82) is 0 Å². The van der Waals surface area contributed by atoms with Crippen LogP contribution in [-0.4, -0.2) is 56.5 Å². The molecular formula is C19H21N3O6S. The fraction of sp³-hybridized carbons (Fsp3) is 0.316. The molecule has 0 saturated heterocycles. The number of ether oxygens (including phenoxy) is 2. The highest BCUT2D eigenvalue weighted by atomic mass is 32.2. The topological polar surface area (TPSA) is 114 Å². The molecule has 9 nitrogen and oxygen atoms in total. The predicted molar refractivity (Wildman–Crippen MR) is 106 cm³/mol. The number of carbonyl (C=O) groups excluding carboxylic acids is 2. The first kappa shape index (κ1) is 20.6. The summed E-state index contributed by atoms with van der Waals surface area (Å²) in [6.07, 6.45) is 3.33. The molecule has 0 aliphatic carbocycles. The van der Waals surface area contributed by atoms with Gasteiger partial charge in [-0.1, -0.05) is 12.1 Å². The van der Waals surface area contributed by atoms with Gasteiger partial charge in [-0.3, -0.25) is 4.79 Å². The second-order valence-corrected chi connectivity index (χ2v) is 8.21. The number of sulfonamides is 1. The summed E-state index contributed by atoms with van der Waals surface area (Å²) in [6.45, 7) is 1.96. The third-order valence-corrected chi connectivity index (χ3v) is 5.50. The Hall–Kier alpha value is -3.14. The number of nitrogens with zero attached hydrogens (tertiary/aromatic N) is 2. The zero-order chi connectivity index (χ0) is 21.0. The number of methoxy groups -OCH3 is 1. The summed E-state index contributed by atoms with van der Waals surface area (Å²) in [5.74, 6) is -0.275. The number of esters is 1. The van der Waals surface area contributed by atoms with Gasteiger partial charge >= 0.3 is 5.97 Å². The molecule has 2 aliphatic heterocycles. The Bertz CT molecular complexity index is 995. The summed E-state index contributed by atoms with van der Waals surface area (Å²) < 4.78 is 37.0. The second-order valence-electron chi connectivity index (χ2n) is 6.46. The maximum absolute atomic E-state index is 12.3. The maximum atomic E-state index is 12.3. The number of amidine groups is 1. The Balaban J connectivity index is 1.54. The van der Waals surface area contributed by atoms with Crippen LogP contribution in [0.25, 0.3) is 0 Å². The molecule has 3 rings (SSSR count). The van der Waals surface area contributed by atoms with Gasteiger partial charge in [0.1, 0.15) is 11.6 Å². The van der Waals surface area contributed by atoms with Crippen molar-refractivity contribution in [3.05, 3.63) is 53.8 Å². The van der Waals surface area contributed by atoms with Crippen LogP contribution in [0.1, 0.15) is 12.5 Å². The molecule has 0 spiro atoms. The van der Waals surface area contributed by atoms with Gasteiger partial charge in [-0.2, -0.15) is 0 Å². The van der Waals surface area contributed by atoms with Crippen LogP contribution in [0.5, 0.6) is 5.75 Å². The molecule has 0 saturated carbocycles. The average Bonchev–Trinajstić information content (AvgIpc) is 2.71. The van der Waals surface area contributed by atoms with Gasteiger partial charge in [-0.05, 0) is 36.8 Å². The molecule has 0 aromatic heterocycles. The number of hydrogen-bond donors (Lipinski definition) is 1. The van der Waals surface area contributed by atoms with E-state index in [9.17, 15) is 18.0 Å². The summed E-state index contributed by atoms with van der Waals surface area (Å²) in [5, 5.41) is 2.71. The maximum Gasteiger partial charge on any atom is 0.340 e. The standard InChI is InChI=1S/C19H21N3O6S/c1-13(18(23)20-11-14-3-6-16(27-2)7-4-14)28-19(24)15-5-8-17-21-29(25,26)10-9-22(17)12-15/h3-8,12-13H,9-11H2,1-2H3,(H,20,23). The molecule has 1 atom stereocenters. The highest BCUT2D eigenvalue weighted by molar-refractivity contribution is 7.90. The summed E-state index contributed by atoms with van der Waals surface area (Å²) in [4.78, 5) is 26.1. The van der Waals surface area contributed by atoms with E-state index in [0.29, 0.717) is 0 Å². The monoisotopic (exact) mass is 419 g/mol. The first-order valence-corrected chi connectivity index (χ1v) is 10.5. The van der Waals surface area contributed by atoms with Crippen molar-refractivity contribution >= 4 is 27.7 Å². The van der Waals surface area contributed by atoms with E-state index in [4.69, 9.17) is 9.47 Å². The van der Waals surface area contributed by atoms with Crippen molar-refractivity contribution in [3.8, 4) is 5.75 Å². The van der Waals surface area contributed by atoms with Gasteiger partial charge in [0, 0.05) is 19.3 Å². The minimum Gasteiger partial charge on any atom is -0.497 e. The van der Waals surface area contributed by atoms with Gasteiger partial charge in [0.05, 0.1) is 18.4 Å². The summed E-state index contributed by atoms with van der Waals surface area (Å²) >= 11 is 0. The molecule has 0 radical (unpaired) electrons. The van der Waals surface area contributed by atoms with E-state index in [-0.39, 0.29) is 30.3 Å². The Morgan fingerprint density at radius 3 is 2.66 bits per heavy atom. The van der Waals surface area contributed by atoms with E-state index >= 15 is 0 Å². The molecule has 2 aliphatic rings. The number of carbonyl (C=O) groups is 2. The van der Waals surface area contributed by atoms with Crippen LogP contribution in [-0.2, 0) is 30.9 Å². The smallest absolute Gasteiger partial charge is 0.340 e. The van der Waals surface area contributed by atoms with Crippen LogP contribution >= 0.6 is 0 Å². The van der Waals surface area contributed by atoms with Crippen molar-refractivity contribution in [2.75, 3.05) is 19.4 Å². The van der Waals surface area contributed by atoms with E-state index in [1.165, 1.54) is 25.3 Å². The molecule has 1 amide bonds. The molecule has 29 heavy (non-hydrogen) atoms. The number of fused-ring (bicyclic) bond motifs is 1. The summed E-state index contributed by atoms with van der Waals surface area (Å²) in [6, 6.07) is 7.23. The van der Waals surface area contributed by atoms with Crippen LogP contribution in [0.4, 0.5) is 0 Å². The number of hydrogen-bond acceptors (Lipinski definition) is 7. The third-order valence-electron chi connectivity index (χ3n) is 4.34. The lowest BCUT2D eigenvalue weighted by Crippen LogP contribution is -2.38. The van der Waals surface area contributed by atoms with Gasteiger partial charge in [-0.25, -0.2) is 13.2 Å². The molecule has 0 bridgehead atoms. The average molecular weight is 419 g/mol. The van der Waals surface area contributed by atoms with Crippen molar-refractivity contribution in [1.82, 2.24) is 10.2 Å². The summed E-state index contributed by atoms with van der Waals surface area (Å²) in [5.41, 5.74) is 1.08. The Kier molecular flexibility index (Phi) is 6.02. The fourth-order valence-electron chi connectivity index (χ4n) is 2.68. The lowest BCUT2D eigenvalue weighted by Gasteiger charge is -2.27. The largest absolute Gasteiger partial charge is 0.497 e. The minimum atomic E-state index is -3.46. The van der Waals surface area contributed by atoms with E-state index in [1.54, 1.807) is 24.1 Å². The Labute approximate surface area is 168 Å². The molecule has 154 valence electrons. The van der Waals surface area contributed by atoms with Crippen LogP contribution in [0.2, 0.25) is 0 Å². The lowest BCUT2D eigenvalue weighted by molar-refractivity contribution is -0.151. The van der Waals surface area contributed by atoms with Crippen LogP contribution in [0.15, 0.2) is 52.6 Å². The van der Waals surface area contributed by atoms with Gasteiger partial charge in [-0.15, -0.1) is 4.40 Å². The quantitative estimate of drug-likeness (QED) is 0.677. The molecule has 10 heteroatoms. The summed E-state index contributed by atoms with van der Waals surface area (Å²) in [7, 11) is -1.89. The van der Waals surface area contributed by atoms with E-state index in [0.717, 1.165) is 11.3 Å². The van der Waals surface area contributed by atoms with Crippen molar-refractivity contribution in [3.63, 3.8) is 0 Å². The van der Waals surface area contributed by atoms with Gasteiger partial charge in [0.15, 0.2) is 6.10 Å². The third kappa shape index (κ3) is 5.23.